The molecule has 0 atom stereocenters. The molecule has 0 amide bonds. The normalized spacial score (nSPS) is 10.4. The second-order valence-electron chi connectivity index (χ2n) is 7.85. The molecule has 1 aromatic carbocycles. The summed E-state index contributed by atoms with van der Waals surface area (Å²) < 4.78 is 14.1. The van der Waals surface area contributed by atoms with Crippen LogP contribution in [-0.2, 0) is 6.54 Å². The van der Waals surface area contributed by atoms with E-state index in [0.717, 1.165) is 27.7 Å². The van der Waals surface area contributed by atoms with Crippen LogP contribution in [0.4, 0.5) is 0 Å². The molecule has 0 saturated heterocycles. The molecule has 0 saturated carbocycles. The van der Waals surface area contributed by atoms with Crippen LogP contribution in [0.5, 0.6) is 0 Å². The second-order valence-corrected chi connectivity index (χ2v) is 7.85. The Morgan fingerprint density at radius 3 is 2.22 bits per heavy atom. The minimum Gasteiger partial charge on any atom is -0.457 e. The average molecular weight is 470 g/mol. The number of rotatable bonds is 6. The van der Waals surface area contributed by atoms with Crippen LogP contribution in [-0.4, -0.2) is 4.57 Å². The smallest absolute Gasteiger partial charge is 0.151 e. The van der Waals surface area contributed by atoms with Crippen molar-refractivity contribution in [1.82, 2.24) is 4.57 Å². The molecule has 0 aliphatic carbocycles. The number of aryl methyl sites for hydroxylation is 2. The number of aromatic nitrogens is 1. The van der Waals surface area contributed by atoms with Crippen LogP contribution in [0.15, 0.2) is 74.6 Å². The van der Waals surface area contributed by atoms with Gasteiger partial charge in [-0.1, -0.05) is 6.08 Å². The highest BCUT2D eigenvalue weighted by molar-refractivity contribution is 5.91. The van der Waals surface area contributed by atoms with Crippen LogP contribution >= 0.6 is 0 Å². The predicted octanol–water partition coefficient (Wildman–Crippen LogP) is 6.91. The van der Waals surface area contributed by atoms with Gasteiger partial charge in [0.15, 0.2) is 5.76 Å². The molecule has 0 spiro atoms. The Labute approximate surface area is 207 Å². The minimum atomic E-state index is -0.0218. The number of nitriles is 4. The monoisotopic (exact) mass is 469 g/mol. The Hall–Kier alpha value is -5.50. The average Bonchev–Trinajstić information content (AvgIpc) is 3.62. The van der Waals surface area contributed by atoms with E-state index in [1.165, 1.54) is 12.2 Å². The van der Waals surface area contributed by atoms with Crippen LogP contribution in [0.2, 0.25) is 0 Å². The van der Waals surface area contributed by atoms with Gasteiger partial charge in [0.2, 0.25) is 0 Å². The Kier molecular flexibility index (Phi) is 6.69. The Bertz CT molecular complexity index is 1690. The Balaban J connectivity index is 1.72. The molecule has 172 valence electrons. The standard InChI is InChI=1S/C29H19N5O2/c1-3-34-26-14-25(28-9-7-23(35-28)6-4-5-20(15-30)16-31)19(2)11-22(26)13-27(34)29-10-8-24(36-29)12-21(17-32)18-33/h4-14H,3H2,1-2H3/b6-4+. The second kappa shape index (κ2) is 10.2. The van der Waals surface area contributed by atoms with Gasteiger partial charge in [-0.2, -0.15) is 21.0 Å². The molecule has 0 bridgehead atoms. The quantitative estimate of drug-likeness (QED) is 0.223. The Morgan fingerprint density at radius 1 is 0.861 bits per heavy atom. The van der Waals surface area contributed by atoms with Gasteiger partial charge in [0.1, 0.15) is 52.7 Å². The first-order valence-electron chi connectivity index (χ1n) is 11.1. The van der Waals surface area contributed by atoms with Gasteiger partial charge in [0, 0.05) is 29.1 Å². The fraction of sp³-hybridized carbons (Fsp3) is 0.103. The molecule has 7 nitrogen and oxygen atoms in total. The van der Waals surface area contributed by atoms with Crippen molar-refractivity contribution in [2.75, 3.05) is 0 Å². The van der Waals surface area contributed by atoms with Crippen molar-refractivity contribution >= 4 is 23.1 Å². The lowest BCUT2D eigenvalue weighted by molar-refractivity contribution is 0.564. The first kappa shape index (κ1) is 23.7. The highest BCUT2D eigenvalue weighted by Gasteiger charge is 2.16. The summed E-state index contributed by atoms with van der Waals surface area (Å²) in [5.74, 6) is 2.39. The topological polar surface area (TPSA) is 126 Å². The van der Waals surface area contributed by atoms with E-state index in [2.05, 4.69) is 29.7 Å². The predicted molar refractivity (Wildman–Crippen MR) is 135 cm³/mol. The lowest BCUT2D eigenvalue weighted by Crippen LogP contribution is -1.96. The third-order valence-corrected chi connectivity index (χ3v) is 5.63. The van der Waals surface area contributed by atoms with Gasteiger partial charge in [0.05, 0.1) is 5.69 Å². The van der Waals surface area contributed by atoms with Gasteiger partial charge >= 0.3 is 0 Å². The van der Waals surface area contributed by atoms with E-state index in [9.17, 15) is 0 Å². The van der Waals surface area contributed by atoms with Gasteiger partial charge in [-0.05, 0) is 74.0 Å². The van der Waals surface area contributed by atoms with Gasteiger partial charge in [-0.3, -0.25) is 0 Å². The number of hydrogen-bond acceptors (Lipinski definition) is 6. The lowest BCUT2D eigenvalue weighted by atomic mass is 10.0. The maximum Gasteiger partial charge on any atom is 0.151 e. The maximum absolute atomic E-state index is 9.00. The van der Waals surface area contributed by atoms with Crippen molar-refractivity contribution in [2.45, 2.75) is 20.4 Å². The highest BCUT2D eigenvalue weighted by atomic mass is 16.3. The number of fused-ring (bicyclic) bond motifs is 1. The van der Waals surface area contributed by atoms with Crippen LogP contribution in [0, 0.1) is 52.2 Å². The molecule has 0 N–H and O–H groups in total. The molecule has 7 heteroatoms. The summed E-state index contributed by atoms with van der Waals surface area (Å²) in [4.78, 5) is 0. The van der Waals surface area contributed by atoms with Crippen LogP contribution < -0.4 is 0 Å². The Morgan fingerprint density at radius 2 is 1.53 bits per heavy atom. The molecule has 0 aliphatic rings. The molecule has 4 aromatic rings. The molecule has 3 aromatic heterocycles. The van der Waals surface area contributed by atoms with Crippen molar-refractivity contribution in [1.29, 1.82) is 21.0 Å². The van der Waals surface area contributed by atoms with E-state index in [0.29, 0.717) is 29.6 Å². The number of furan rings is 2. The van der Waals surface area contributed by atoms with E-state index in [4.69, 9.17) is 29.9 Å². The van der Waals surface area contributed by atoms with E-state index >= 15 is 0 Å². The number of hydrogen-bond donors (Lipinski definition) is 0. The van der Waals surface area contributed by atoms with E-state index in [-0.39, 0.29) is 11.1 Å². The van der Waals surface area contributed by atoms with Crippen molar-refractivity contribution < 1.29 is 8.83 Å². The van der Waals surface area contributed by atoms with Crippen LogP contribution in [0.3, 0.4) is 0 Å². The molecule has 36 heavy (non-hydrogen) atoms. The number of benzene rings is 1. The lowest BCUT2D eigenvalue weighted by Gasteiger charge is -2.08. The number of allylic oxidation sites excluding steroid dienone is 4. The molecule has 0 fully saturated rings. The largest absolute Gasteiger partial charge is 0.457 e. The summed E-state index contributed by atoms with van der Waals surface area (Å²) in [6.07, 6.45) is 6.17. The fourth-order valence-electron chi connectivity index (χ4n) is 3.96. The zero-order valence-corrected chi connectivity index (χ0v) is 19.6. The molecule has 4 rings (SSSR count). The SMILES string of the molecule is CCn1c(-c2ccc(C=C(C#N)C#N)o2)cc2cc(C)c(-c3ccc(/C=C/C=C(C#N)C#N)o3)cc21. The summed E-state index contributed by atoms with van der Waals surface area (Å²) in [6.45, 7) is 4.77. The van der Waals surface area contributed by atoms with Gasteiger partial charge in [-0.15, -0.1) is 0 Å². The highest BCUT2D eigenvalue weighted by Crippen LogP contribution is 2.35. The first-order valence-corrected chi connectivity index (χ1v) is 11.1. The summed E-state index contributed by atoms with van der Waals surface area (Å²) in [6, 6.07) is 20.8. The van der Waals surface area contributed by atoms with E-state index < -0.39 is 0 Å². The molecule has 0 unspecified atom stereocenters. The molecular weight excluding hydrogens is 450 g/mol. The van der Waals surface area contributed by atoms with Crippen molar-refractivity contribution in [3.05, 3.63) is 82.8 Å². The summed E-state index contributed by atoms with van der Waals surface area (Å²) in [5, 5.41) is 36.7. The summed E-state index contributed by atoms with van der Waals surface area (Å²) in [7, 11) is 0. The minimum absolute atomic E-state index is 0.0192. The molecular formula is C29H19N5O2. The van der Waals surface area contributed by atoms with Crippen molar-refractivity contribution in [2.24, 2.45) is 0 Å². The zero-order valence-electron chi connectivity index (χ0n) is 19.6. The molecule has 3 heterocycles. The van der Waals surface area contributed by atoms with Gasteiger partial charge < -0.3 is 13.4 Å². The van der Waals surface area contributed by atoms with Gasteiger partial charge in [-0.25, -0.2) is 0 Å². The summed E-state index contributed by atoms with van der Waals surface area (Å²) in [5.41, 5.74) is 3.89. The molecule has 0 radical (unpaired) electrons. The number of nitrogens with zero attached hydrogens (tertiary/aromatic N) is 5. The first-order chi connectivity index (χ1) is 17.5. The van der Waals surface area contributed by atoms with Crippen molar-refractivity contribution in [3.8, 4) is 47.1 Å². The van der Waals surface area contributed by atoms with Crippen LogP contribution in [0.25, 0.3) is 45.8 Å². The molecule has 0 aliphatic heterocycles. The van der Waals surface area contributed by atoms with E-state index in [1.54, 1.807) is 18.2 Å². The van der Waals surface area contributed by atoms with Crippen molar-refractivity contribution in [3.63, 3.8) is 0 Å². The third kappa shape index (κ3) is 4.59. The summed E-state index contributed by atoms with van der Waals surface area (Å²) >= 11 is 0. The van der Waals surface area contributed by atoms with E-state index in [1.807, 2.05) is 49.4 Å². The third-order valence-electron chi connectivity index (χ3n) is 5.63. The fourth-order valence-corrected chi connectivity index (χ4v) is 3.96. The maximum atomic E-state index is 9.00. The van der Waals surface area contributed by atoms with Crippen LogP contribution in [0.1, 0.15) is 24.0 Å². The van der Waals surface area contributed by atoms with Gasteiger partial charge in [0.25, 0.3) is 0 Å². The zero-order chi connectivity index (χ0) is 25.7.